The normalized spacial score (nSPS) is 13.9. The number of amides is 1. The number of carbonyl (C=O) groups is 1. The second kappa shape index (κ2) is 13.6. The first-order chi connectivity index (χ1) is 17.9. The lowest BCUT2D eigenvalue weighted by Crippen LogP contribution is -2.19. The van der Waals surface area contributed by atoms with Crippen molar-refractivity contribution in [2.24, 2.45) is 15.7 Å². The molecule has 2 aromatic rings. The lowest BCUT2D eigenvalue weighted by molar-refractivity contribution is 0.0963. The molecule has 2 aromatic carbocycles. The van der Waals surface area contributed by atoms with E-state index in [0.717, 1.165) is 41.9 Å². The smallest absolute Gasteiger partial charge is 0.251 e. The Kier molecular flexibility index (Phi) is 10.0. The molecular weight excluding hydrogens is 460 g/mol. The maximum atomic E-state index is 11.8. The Morgan fingerprint density at radius 1 is 1.08 bits per heavy atom. The van der Waals surface area contributed by atoms with E-state index in [1.807, 2.05) is 47.4 Å². The summed E-state index contributed by atoms with van der Waals surface area (Å²) in [5.41, 5.74) is 13.3. The van der Waals surface area contributed by atoms with Gasteiger partial charge in [0.05, 0.1) is 17.7 Å². The van der Waals surface area contributed by atoms with Gasteiger partial charge < -0.3 is 21.3 Å². The van der Waals surface area contributed by atoms with Crippen LogP contribution >= 0.6 is 0 Å². The molecule has 37 heavy (non-hydrogen) atoms. The summed E-state index contributed by atoms with van der Waals surface area (Å²) < 4.78 is 0. The molecule has 0 saturated heterocycles. The van der Waals surface area contributed by atoms with E-state index < -0.39 is 0 Å². The van der Waals surface area contributed by atoms with Gasteiger partial charge in [-0.25, -0.2) is 0 Å². The highest BCUT2D eigenvalue weighted by atomic mass is 16.1. The van der Waals surface area contributed by atoms with E-state index >= 15 is 0 Å². The fourth-order valence-corrected chi connectivity index (χ4v) is 3.87. The number of benzene rings is 2. The number of nitrogens with one attached hydrogen (secondary N) is 2. The van der Waals surface area contributed by atoms with Crippen molar-refractivity contribution in [1.82, 2.24) is 10.6 Å². The van der Waals surface area contributed by atoms with Crippen molar-refractivity contribution in [1.29, 1.82) is 0 Å². The third-order valence-electron chi connectivity index (χ3n) is 6.00. The average molecular weight is 497 g/mol. The summed E-state index contributed by atoms with van der Waals surface area (Å²) in [5.74, 6) is -0.117. The van der Waals surface area contributed by atoms with E-state index in [-0.39, 0.29) is 5.91 Å². The molecule has 0 radical (unpaired) electrons. The monoisotopic (exact) mass is 496 g/mol. The molecule has 192 valence electrons. The van der Waals surface area contributed by atoms with Crippen molar-refractivity contribution in [2.45, 2.75) is 25.8 Å². The number of rotatable bonds is 11. The molecule has 0 atom stereocenters. The van der Waals surface area contributed by atoms with E-state index in [4.69, 9.17) is 5.73 Å². The highest BCUT2D eigenvalue weighted by molar-refractivity contribution is 5.98. The van der Waals surface area contributed by atoms with Crippen molar-refractivity contribution in [2.75, 3.05) is 26.0 Å². The van der Waals surface area contributed by atoms with Gasteiger partial charge in [0.15, 0.2) is 0 Å². The predicted octanol–water partition coefficient (Wildman–Crippen LogP) is 5.03. The minimum atomic E-state index is -0.117. The van der Waals surface area contributed by atoms with Crippen LogP contribution in [0.1, 0.15) is 35.2 Å². The summed E-state index contributed by atoms with van der Waals surface area (Å²) in [6.45, 7) is 4.68. The van der Waals surface area contributed by atoms with Crippen LogP contribution in [-0.2, 0) is 6.54 Å². The highest BCUT2D eigenvalue weighted by Gasteiger charge is 2.10. The number of allylic oxidation sites excluding steroid dienone is 5. The van der Waals surface area contributed by atoms with Crippen molar-refractivity contribution in [3.05, 3.63) is 108 Å². The molecule has 7 heteroatoms. The van der Waals surface area contributed by atoms with Crippen molar-refractivity contribution in [3.63, 3.8) is 0 Å². The van der Waals surface area contributed by atoms with Gasteiger partial charge in [0.25, 0.3) is 5.91 Å². The summed E-state index contributed by atoms with van der Waals surface area (Å²) in [4.78, 5) is 22.4. The number of aliphatic imine (C=N–C) groups is 2. The number of anilines is 2. The Hall–Kier alpha value is -4.39. The summed E-state index contributed by atoms with van der Waals surface area (Å²) >= 11 is 0. The maximum Gasteiger partial charge on any atom is 0.251 e. The SMILES string of the molecule is C=C(NCc1ccc(N(C=NC)c2ccc(C(=O)NC)cc2)cc1)C(N)=CC(CC1=CCCC=C1)=NC. The van der Waals surface area contributed by atoms with Crippen LogP contribution in [0.15, 0.2) is 106 Å². The molecule has 1 amide bonds. The Bertz CT molecular complexity index is 1230. The molecule has 0 unspecified atom stereocenters. The molecule has 1 aliphatic carbocycles. The fraction of sp³-hybridized carbons (Fsp3) is 0.233. The number of hydrogen-bond donors (Lipinski definition) is 3. The van der Waals surface area contributed by atoms with Gasteiger partial charge in [-0.3, -0.25) is 14.8 Å². The van der Waals surface area contributed by atoms with Crippen molar-refractivity contribution < 1.29 is 4.79 Å². The maximum absolute atomic E-state index is 11.8. The lowest BCUT2D eigenvalue weighted by Gasteiger charge is -2.20. The van der Waals surface area contributed by atoms with E-state index in [0.29, 0.717) is 23.5 Å². The van der Waals surface area contributed by atoms with Gasteiger partial charge in [0, 0.05) is 56.8 Å². The van der Waals surface area contributed by atoms with Gasteiger partial charge in [0.1, 0.15) is 0 Å². The van der Waals surface area contributed by atoms with Gasteiger partial charge in [-0.15, -0.1) is 0 Å². The van der Waals surface area contributed by atoms with Gasteiger partial charge in [-0.2, -0.15) is 0 Å². The molecule has 0 aromatic heterocycles. The zero-order chi connectivity index (χ0) is 26.6. The average Bonchev–Trinajstić information content (AvgIpc) is 2.94. The molecule has 0 spiro atoms. The first kappa shape index (κ1) is 27.2. The standard InChI is InChI=1S/C30H36N6O/c1-22(29(31)19-26(33-3)18-23-8-6-5-7-9-23)35-20-24-10-14-27(15-11-24)36(21-32-2)28-16-12-25(13-17-28)30(37)34-4/h6,8-17,19,21,35H,1,5,7,18,20,31H2,2-4H3,(H,34,37). The van der Waals surface area contributed by atoms with Gasteiger partial charge in [-0.1, -0.05) is 36.9 Å². The van der Waals surface area contributed by atoms with Crippen LogP contribution in [0.4, 0.5) is 11.4 Å². The largest absolute Gasteiger partial charge is 0.397 e. The van der Waals surface area contributed by atoms with E-state index in [9.17, 15) is 4.79 Å². The Balaban J connectivity index is 1.62. The van der Waals surface area contributed by atoms with Crippen LogP contribution in [0.5, 0.6) is 0 Å². The molecule has 1 aliphatic rings. The van der Waals surface area contributed by atoms with Gasteiger partial charge >= 0.3 is 0 Å². The van der Waals surface area contributed by atoms with E-state index in [2.05, 4.69) is 45.4 Å². The summed E-state index contributed by atoms with van der Waals surface area (Å²) in [7, 11) is 5.13. The van der Waals surface area contributed by atoms with Gasteiger partial charge in [-0.05, 0) is 66.5 Å². The third kappa shape index (κ3) is 7.80. The van der Waals surface area contributed by atoms with Crippen LogP contribution in [0.3, 0.4) is 0 Å². The molecule has 3 rings (SSSR count). The molecular formula is C30H36N6O. The zero-order valence-electron chi connectivity index (χ0n) is 21.9. The summed E-state index contributed by atoms with van der Waals surface area (Å²) in [5, 5.41) is 5.95. The minimum absolute atomic E-state index is 0.117. The number of nitrogens with two attached hydrogens (primary N) is 1. The fourth-order valence-electron chi connectivity index (χ4n) is 3.87. The Labute approximate surface area is 219 Å². The van der Waals surface area contributed by atoms with E-state index in [1.54, 1.807) is 39.6 Å². The van der Waals surface area contributed by atoms with Crippen molar-refractivity contribution in [3.8, 4) is 0 Å². The first-order valence-corrected chi connectivity index (χ1v) is 12.3. The lowest BCUT2D eigenvalue weighted by atomic mass is 10.0. The number of hydrogen-bond acceptors (Lipinski definition) is 5. The zero-order valence-corrected chi connectivity index (χ0v) is 21.9. The van der Waals surface area contributed by atoms with Crippen LogP contribution in [-0.4, -0.2) is 39.1 Å². The van der Waals surface area contributed by atoms with E-state index in [1.165, 1.54) is 5.57 Å². The summed E-state index contributed by atoms with van der Waals surface area (Å²) in [6, 6.07) is 15.5. The van der Waals surface area contributed by atoms with Crippen LogP contribution in [0.25, 0.3) is 0 Å². The molecule has 0 fully saturated rings. The molecule has 0 bridgehead atoms. The number of nitrogens with zero attached hydrogens (tertiary/aromatic N) is 3. The minimum Gasteiger partial charge on any atom is -0.397 e. The first-order valence-electron chi connectivity index (χ1n) is 12.3. The number of carbonyl (C=O) groups excluding carboxylic acids is 1. The second-order valence-corrected chi connectivity index (χ2v) is 8.62. The highest BCUT2D eigenvalue weighted by Crippen LogP contribution is 2.25. The van der Waals surface area contributed by atoms with Crippen LogP contribution in [0, 0.1) is 0 Å². The third-order valence-corrected chi connectivity index (χ3v) is 6.00. The summed E-state index contributed by atoms with van der Waals surface area (Å²) in [6.07, 6.45) is 13.2. The molecule has 0 saturated carbocycles. The molecule has 0 heterocycles. The molecule has 7 nitrogen and oxygen atoms in total. The second-order valence-electron chi connectivity index (χ2n) is 8.62. The molecule has 4 N–H and O–H groups in total. The Morgan fingerprint density at radius 3 is 2.32 bits per heavy atom. The predicted molar refractivity (Wildman–Crippen MR) is 156 cm³/mol. The van der Waals surface area contributed by atoms with Gasteiger partial charge in [0.2, 0.25) is 0 Å². The quantitative estimate of drug-likeness (QED) is 0.231. The molecule has 0 aliphatic heterocycles. The topological polar surface area (TPSA) is 95.1 Å². The van der Waals surface area contributed by atoms with Crippen molar-refractivity contribution >= 4 is 29.3 Å². The van der Waals surface area contributed by atoms with Crippen LogP contribution in [0.2, 0.25) is 0 Å². The van der Waals surface area contributed by atoms with Crippen LogP contribution < -0.4 is 21.3 Å². The Morgan fingerprint density at radius 2 is 1.76 bits per heavy atom.